The third-order valence-electron chi connectivity index (χ3n) is 5.95. The molecule has 2 aromatic rings. The summed E-state index contributed by atoms with van der Waals surface area (Å²) in [5.41, 5.74) is 2.50. The number of amides is 1. The molecule has 0 N–H and O–H groups in total. The van der Waals surface area contributed by atoms with Crippen molar-refractivity contribution in [2.24, 2.45) is 5.92 Å². The Kier molecular flexibility index (Phi) is 6.18. The van der Waals surface area contributed by atoms with Gasteiger partial charge in [-0.1, -0.05) is 48.0 Å². The lowest BCUT2D eigenvalue weighted by atomic mass is 9.94. The van der Waals surface area contributed by atoms with Gasteiger partial charge >= 0.3 is 0 Å². The summed E-state index contributed by atoms with van der Waals surface area (Å²) in [6.45, 7) is 6.43. The highest BCUT2D eigenvalue weighted by Gasteiger charge is 2.30. The third kappa shape index (κ3) is 4.68. The maximum absolute atomic E-state index is 13.0. The second kappa shape index (κ2) is 8.97. The summed E-state index contributed by atoms with van der Waals surface area (Å²) in [6, 6.07) is 18.6. The minimum atomic E-state index is 0.163. The molecule has 4 nitrogen and oxygen atoms in total. The maximum Gasteiger partial charge on any atom is 0.225 e. The van der Waals surface area contributed by atoms with Crippen molar-refractivity contribution in [3.8, 4) is 0 Å². The fourth-order valence-electron chi connectivity index (χ4n) is 4.28. The zero-order valence-corrected chi connectivity index (χ0v) is 17.0. The van der Waals surface area contributed by atoms with Crippen LogP contribution < -0.4 is 4.90 Å². The molecular formula is C23H28ClN3O. The van der Waals surface area contributed by atoms with Crippen LogP contribution in [0.1, 0.15) is 18.4 Å². The van der Waals surface area contributed by atoms with Crippen molar-refractivity contribution >= 4 is 23.2 Å². The summed E-state index contributed by atoms with van der Waals surface area (Å²) in [7, 11) is 0. The van der Waals surface area contributed by atoms with E-state index in [1.165, 1.54) is 5.56 Å². The molecule has 148 valence electrons. The zero-order chi connectivity index (χ0) is 19.3. The summed E-state index contributed by atoms with van der Waals surface area (Å²) in [4.78, 5) is 19.9. The van der Waals surface area contributed by atoms with Crippen LogP contribution >= 0.6 is 11.6 Å². The van der Waals surface area contributed by atoms with Gasteiger partial charge in [-0.05, 0) is 36.6 Å². The number of hydrogen-bond acceptors (Lipinski definition) is 3. The molecule has 2 heterocycles. The van der Waals surface area contributed by atoms with Crippen LogP contribution in [0.4, 0.5) is 5.69 Å². The zero-order valence-electron chi connectivity index (χ0n) is 16.3. The standard InChI is InChI=1S/C23H28ClN3O/c24-21-7-4-8-22(17-21)26-11-9-20(10-12-26)23(28)27-15-13-25(14-16-27)18-19-5-2-1-3-6-19/h1-8,17,20H,9-16,18H2. The molecule has 0 aromatic heterocycles. The van der Waals surface area contributed by atoms with E-state index in [1.54, 1.807) is 0 Å². The summed E-state index contributed by atoms with van der Waals surface area (Å²) in [5, 5.41) is 0.768. The summed E-state index contributed by atoms with van der Waals surface area (Å²) >= 11 is 6.12. The van der Waals surface area contributed by atoms with Crippen molar-refractivity contribution in [3.05, 3.63) is 65.2 Å². The second-order valence-electron chi connectivity index (χ2n) is 7.83. The molecule has 2 aliphatic heterocycles. The first-order chi connectivity index (χ1) is 13.7. The number of halogens is 1. The molecular weight excluding hydrogens is 370 g/mol. The predicted octanol–water partition coefficient (Wildman–Crippen LogP) is 3.90. The molecule has 0 saturated carbocycles. The average molecular weight is 398 g/mol. The minimum absolute atomic E-state index is 0.163. The lowest BCUT2D eigenvalue weighted by Crippen LogP contribution is -2.51. The van der Waals surface area contributed by atoms with Crippen molar-refractivity contribution < 1.29 is 4.79 Å². The van der Waals surface area contributed by atoms with Crippen molar-refractivity contribution in [2.75, 3.05) is 44.2 Å². The van der Waals surface area contributed by atoms with Gasteiger partial charge in [-0.15, -0.1) is 0 Å². The SMILES string of the molecule is O=C(C1CCN(c2cccc(Cl)c2)CC1)N1CCN(Cc2ccccc2)CC1. The molecule has 2 aliphatic rings. The van der Waals surface area contributed by atoms with Gasteiger partial charge in [0.2, 0.25) is 5.91 Å². The van der Waals surface area contributed by atoms with Crippen LogP contribution in [0.3, 0.4) is 0 Å². The highest BCUT2D eigenvalue weighted by Crippen LogP contribution is 2.26. The van der Waals surface area contributed by atoms with Gasteiger partial charge in [0.05, 0.1) is 0 Å². The average Bonchev–Trinajstić information content (AvgIpc) is 2.75. The van der Waals surface area contributed by atoms with Crippen LogP contribution in [0.2, 0.25) is 5.02 Å². The number of nitrogens with zero attached hydrogens (tertiary/aromatic N) is 3. The fourth-order valence-corrected chi connectivity index (χ4v) is 4.47. The summed E-state index contributed by atoms with van der Waals surface area (Å²) < 4.78 is 0. The van der Waals surface area contributed by atoms with E-state index < -0.39 is 0 Å². The second-order valence-corrected chi connectivity index (χ2v) is 8.26. The molecule has 2 aromatic carbocycles. The van der Waals surface area contributed by atoms with E-state index in [-0.39, 0.29) is 5.92 Å². The largest absolute Gasteiger partial charge is 0.371 e. The normalized spacial score (nSPS) is 19.0. The highest BCUT2D eigenvalue weighted by molar-refractivity contribution is 6.30. The number of benzene rings is 2. The Bertz CT molecular complexity index is 781. The van der Waals surface area contributed by atoms with Gasteiger partial charge in [-0.25, -0.2) is 0 Å². The van der Waals surface area contributed by atoms with Gasteiger partial charge in [0.25, 0.3) is 0 Å². The molecule has 0 radical (unpaired) electrons. The number of hydrogen-bond donors (Lipinski definition) is 0. The molecule has 0 unspecified atom stereocenters. The van der Waals surface area contributed by atoms with E-state index in [9.17, 15) is 4.79 Å². The number of piperazine rings is 1. The summed E-state index contributed by atoms with van der Waals surface area (Å²) in [5.74, 6) is 0.515. The van der Waals surface area contributed by atoms with Gasteiger partial charge in [0.15, 0.2) is 0 Å². The van der Waals surface area contributed by atoms with Crippen molar-refractivity contribution in [2.45, 2.75) is 19.4 Å². The van der Waals surface area contributed by atoms with E-state index in [4.69, 9.17) is 11.6 Å². The molecule has 0 atom stereocenters. The van der Waals surface area contributed by atoms with Crippen LogP contribution in [0.25, 0.3) is 0 Å². The molecule has 2 fully saturated rings. The quantitative estimate of drug-likeness (QED) is 0.782. The fraction of sp³-hybridized carbons (Fsp3) is 0.435. The smallest absolute Gasteiger partial charge is 0.225 e. The Labute approximate surface area is 172 Å². The van der Waals surface area contributed by atoms with Crippen molar-refractivity contribution in [1.29, 1.82) is 0 Å². The van der Waals surface area contributed by atoms with Crippen molar-refractivity contribution in [3.63, 3.8) is 0 Å². The van der Waals surface area contributed by atoms with E-state index >= 15 is 0 Å². The van der Waals surface area contributed by atoms with E-state index in [0.29, 0.717) is 5.91 Å². The summed E-state index contributed by atoms with van der Waals surface area (Å²) in [6.07, 6.45) is 1.85. The Morgan fingerprint density at radius 2 is 1.61 bits per heavy atom. The van der Waals surface area contributed by atoms with E-state index in [0.717, 1.165) is 69.4 Å². The Morgan fingerprint density at radius 3 is 2.29 bits per heavy atom. The van der Waals surface area contributed by atoms with Gasteiger partial charge < -0.3 is 9.80 Å². The minimum Gasteiger partial charge on any atom is -0.371 e. The van der Waals surface area contributed by atoms with Crippen molar-refractivity contribution in [1.82, 2.24) is 9.80 Å². The molecule has 28 heavy (non-hydrogen) atoms. The molecule has 0 spiro atoms. The van der Waals surface area contributed by atoms with Gasteiger partial charge in [0.1, 0.15) is 0 Å². The number of carbonyl (C=O) groups is 1. The van der Waals surface area contributed by atoms with Crippen LogP contribution in [-0.4, -0.2) is 55.0 Å². The first-order valence-corrected chi connectivity index (χ1v) is 10.6. The topological polar surface area (TPSA) is 26.8 Å². The number of carbonyl (C=O) groups excluding carboxylic acids is 1. The third-order valence-corrected chi connectivity index (χ3v) is 6.19. The van der Waals surface area contributed by atoms with Crippen LogP contribution in [0.5, 0.6) is 0 Å². The highest BCUT2D eigenvalue weighted by atomic mass is 35.5. The monoisotopic (exact) mass is 397 g/mol. The Morgan fingerprint density at radius 1 is 0.893 bits per heavy atom. The van der Waals surface area contributed by atoms with Gasteiger partial charge in [-0.2, -0.15) is 0 Å². The van der Waals surface area contributed by atoms with E-state index in [2.05, 4.69) is 51.1 Å². The predicted molar refractivity (Wildman–Crippen MR) is 115 cm³/mol. The number of rotatable bonds is 4. The molecule has 0 bridgehead atoms. The molecule has 4 rings (SSSR count). The molecule has 5 heteroatoms. The van der Waals surface area contributed by atoms with Crippen LogP contribution in [-0.2, 0) is 11.3 Å². The lowest BCUT2D eigenvalue weighted by molar-refractivity contribution is -0.138. The van der Waals surface area contributed by atoms with Gasteiger partial charge in [0, 0.05) is 62.4 Å². The molecule has 0 aliphatic carbocycles. The Balaban J connectivity index is 1.25. The van der Waals surface area contributed by atoms with E-state index in [1.807, 2.05) is 18.2 Å². The first kappa shape index (κ1) is 19.3. The number of anilines is 1. The van der Waals surface area contributed by atoms with Crippen LogP contribution in [0.15, 0.2) is 54.6 Å². The van der Waals surface area contributed by atoms with Gasteiger partial charge in [-0.3, -0.25) is 9.69 Å². The lowest BCUT2D eigenvalue weighted by Gasteiger charge is -2.39. The first-order valence-electron chi connectivity index (χ1n) is 10.2. The maximum atomic E-state index is 13.0. The molecule has 2 saturated heterocycles. The number of piperidine rings is 1. The van der Waals surface area contributed by atoms with Crippen LogP contribution in [0, 0.1) is 5.92 Å². The Hall–Kier alpha value is -2.04. The molecule has 1 amide bonds.